The molecule has 1 aliphatic heterocycles. The number of aromatic nitrogens is 1. The number of carbonyl (C=O) groups excluding carboxylic acids is 2. The largest absolute Gasteiger partial charge is 0.497 e. The van der Waals surface area contributed by atoms with Crippen LogP contribution in [-0.2, 0) is 14.3 Å². The predicted molar refractivity (Wildman–Crippen MR) is 145 cm³/mol. The van der Waals surface area contributed by atoms with E-state index in [2.05, 4.69) is 16.1 Å². The number of allylic oxidation sites excluding steroid dienone is 1. The van der Waals surface area contributed by atoms with Crippen LogP contribution in [0.4, 0.5) is 5.69 Å². The maximum absolute atomic E-state index is 13.8. The summed E-state index contributed by atoms with van der Waals surface area (Å²) in [5, 5.41) is 12.9. The molecule has 10 nitrogen and oxygen atoms in total. The highest BCUT2D eigenvalue weighted by atomic mass is 32.1. The molecular formula is C27H26N4O6S. The third-order valence-corrected chi connectivity index (χ3v) is 6.87. The number of methoxy groups -OCH3 is 3. The number of esters is 1. The van der Waals surface area contributed by atoms with Gasteiger partial charge in [0.2, 0.25) is 0 Å². The lowest BCUT2D eigenvalue weighted by molar-refractivity contribution is -0.133. The lowest BCUT2D eigenvalue weighted by atomic mass is 9.83. The smallest absolute Gasteiger partial charge is 0.332 e. The van der Waals surface area contributed by atoms with Gasteiger partial charge in [0, 0.05) is 11.8 Å². The fourth-order valence-electron chi connectivity index (χ4n) is 3.94. The van der Waals surface area contributed by atoms with Crippen LogP contribution >= 0.6 is 11.3 Å². The van der Waals surface area contributed by atoms with Crippen molar-refractivity contribution < 1.29 is 23.8 Å². The number of benzene rings is 2. The van der Waals surface area contributed by atoms with Gasteiger partial charge in [0.05, 0.1) is 44.5 Å². The zero-order chi connectivity index (χ0) is 26.7. The van der Waals surface area contributed by atoms with Gasteiger partial charge in [-0.15, -0.1) is 11.3 Å². The van der Waals surface area contributed by atoms with E-state index >= 15 is 0 Å². The average molecular weight is 535 g/mol. The summed E-state index contributed by atoms with van der Waals surface area (Å²) in [7, 11) is 4.24. The molecule has 1 atom stereocenters. The van der Waals surface area contributed by atoms with Crippen LogP contribution in [0.2, 0.25) is 0 Å². The SMILES string of the molecule is C.COC(=O)/C=c1\sc2n(c1=O)C(N)=C(C#N)C(c1ccc(OC)cc1)C=2C(=O)Nc1ccc(OC)cc1. The van der Waals surface area contributed by atoms with E-state index in [1.54, 1.807) is 48.5 Å². The Hall–Kier alpha value is -4.82. The summed E-state index contributed by atoms with van der Waals surface area (Å²) < 4.78 is 16.3. The second-order valence-corrected chi connectivity index (χ2v) is 8.82. The van der Waals surface area contributed by atoms with Crippen molar-refractivity contribution in [3.63, 3.8) is 0 Å². The lowest BCUT2D eigenvalue weighted by Crippen LogP contribution is -2.40. The Balaban J connectivity index is 0.00000400. The molecule has 0 aliphatic carbocycles. The van der Waals surface area contributed by atoms with Crippen molar-refractivity contribution in [1.29, 1.82) is 5.26 Å². The van der Waals surface area contributed by atoms with Crippen molar-refractivity contribution in [1.82, 2.24) is 4.57 Å². The number of rotatable bonds is 6. The first-order valence-electron chi connectivity index (χ1n) is 10.9. The molecule has 38 heavy (non-hydrogen) atoms. The van der Waals surface area contributed by atoms with Crippen LogP contribution in [0.5, 0.6) is 11.5 Å². The minimum Gasteiger partial charge on any atom is -0.497 e. The van der Waals surface area contributed by atoms with Crippen molar-refractivity contribution in [3.05, 3.63) is 79.2 Å². The monoisotopic (exact) mass is 534 g/mol. The normalized spacial score (nSPS) is 14.6. The van der Waals surface area contributed by atoms with Crippen LogP contribution in [-0.4, -0.2) is 37.8 Å². The van der Waals surface area contributed by atoms with Crippen molar-refractivity contribution in [2.75, 3.05) is 26.6 Å². The number of amides is 1. The molecule has 1 amide bonds. The molecule has 2 heterocycles. The number of carbonyl (C=O) groups is 2. The standard InChI is InChI=1S/C26H22N4O6S.CH4/c1-34-16-8-4-14(5-9-16)21-18(13-27)23(28)30-25(33)19(12-20(31)36-3)37-26(30)22(21)24(32)29-15-6-10-17(35-2)11-7-15;/h4-12,21H,28H2,1-3H3,(H,29,32);1H4/b19-12-;. The summed E-state index contributed by atoms with van der Waals surface area (Å²) in [5.41, 5.74) is 6.88. The number of hydrogen-bond donors (Lipinski definition) is 2. The van der Waals surface area contributed by atoms with E-state index in [1.165, 1.54) is 21.3 Å². The molecule has 1 unspecified atom stereocenters. The van der Waals surface area contributed by atoms with Crippen LogP contribution in [0.3, 0.4) is 0 Å². The van der Waals surface area contributed by atoms with Crippen LogP contribution in [0.25, 0.3) is 17.5 Å². The summed E-state index contributed by atoms with van der Waals surface area (Å²) in [6.07, 6.45) is 1.03. The molecule has 0 spiro atoms. The van der Waals surface area contributed by atoms with Gasteiger partial charge in [-0.3, -0.25) is 14.2 Å². The number of thiazole rings is 1. The van der Waals surface area contributed by atoms with Crippen LogP contribution in [0.15, 0.2) is 58.9 Å². The Morgan fingerprint density at radius 2 is 1.63 bits per heavy atom. The average Bonchev–Trinajstić information content (AvgIpc) is 3.24. The number of fused-ring (bicyclic) bond motifs is 1. The molecule has 0 saturated carbocycles. The molecule has 11 heteroatoms. The minimum absolute atomic E-state index is 0. The zero-order valence-electron chi connectivity index (χ0n) is 20.1. The van der Waals surface area contributed by atoms with Crippen molar-refractivity contribution in [2.45, 2.75) is 13.3 Å². The van der Waals surface area contributed by atoms with Crippen LogP contribution < -0.4 is 35.3 Å². The molecule has 1 aliphatic rings. The second-order valence-electron chi connectivity index (χ2n) is 7.79. The first-order chi connectivity index (χ1) is 17.8. The van der Waals surface area contributed by atoms with Crippen molar-refractivity contribution in [2.24, 2.45) is 5.73 Å². The van der Waals surface area contributed by atoms with Gasteiger partial charge >= 0.3 is 5.97 Å². The molecule has 1 aromatic heterocycles. The van der Waals surface area contributed by atoms with Crippen LogP contribution in [0.1, 0.15) is 18.9 Å². The van der Waals surface area contributed by atoms with Gasteiger partial charge in [-0.1, -0.05) is 19.6 Å². The van der Waals surface area contributed by atoms with Gasteiger partial charge in [0.1, 0.15) is 26.5 Å². The first kappa shape index (κ1) is 27.8. The van der Waals surface area contributed by atoms with Gasteiger partial charge in [-0.25, -0.2) is 4.79 Å². The highest BCUT2D eigenvalue weighted by molar-refractivity contribution is 7.07. The lowest BCUT2D eigenvalue weighted by Gasteiger charge is -2.25. The van der Waals surface area contributed by atoms with E-state index in [-0.39, 0.29) is 33.6 Å². The van der Waals surface area contributed by atoms with Gasteiger partial charge < -0.3 is 25.3 Å². The summed E-state index contributed by atoms with van der Waals surface area (Å²) in [6, 6.07) is 15.6. The Bertz CT molecular complexity index is 1630. The highest BCUT2D eigenvalue weighted by Crippen LogP contribution is 2.37. The molecule has 0 saturated heterocycles. The molecule has 4 rings (SSSR count). The summed E-state index contributed by atoms with van der Waals surface area (Å²) >= 11 is 0.909. The van der Waals surface area contributed by atoms with Crippen molar-refractivity contribution >= 4 is 46.4 Å². The second kappa shape index (κ2) is 11.5. The molecular weight excluding hydrogens is 508 g/mol. The number of ether oxygens (including phenoxy) is 3. The summed E-state index contributed by atoms with van der Waals surface area (Å²) in [4.78, 5) is 38.8. The first-order valence-corrected chi connectivity index (χ1v) is 11.7. The van der Waals surface area contributed by atoms with E-state index in [0.29, 0.717) is 22.7 Å². The number of anilines is 1. The van der Waals surface area contributed by atoms with Crippen molar-refractivity contribution in [3.8, 4) is 17.6 Å². The Morgan fingerprint density at radius 3 is 2.16 bits per heavy atom. The van der Waals surface area contributed by atoms with Gasteiger partial charge in [0.15, 0.2) is 0 Å². The fourth-order valence-corrected chi connectivity index (χ4v) is 5.07. The Kier molecular flexibility index (Phi) is 8.39. The van der Waals surface area contributed by atoms with Gasteiger partial charge in [0.25, 0.3) is 11.5 Å². The number of nitriles is 1. The molecule has 0 bridgehead atoms. The third kappa shape index (κ3) is 5.02. The number of nitrogens with zero attached hydrogens (tertiary/aromatic N) is 2. The quantitative estimate of drug-likeness (QED) is 0.455. The van der Waals surface area contributed by atoms with Gasteiger partial charge in [-0.2, -0.15) is 5.26 Å². The molecule has 3 aromatic rings. The van der Waals surface area contributed by atoms with Gasteiger partial charge in [-0.05, 0) is 42.0 Å². The molecule has 2 aromatic carbocycles. The van der Waals surface area contributed by atoms with E-state index < -0.39 is 23.4 Å². The maximum atomic E-state index is 13.8. The van der Waals surface area contributed by atoms with E-state index in [9.17, 15) is 19.6 Å². The number of nitrogens with one attached hydrogen (secondary N) is 1. The fraction of sp³-hybridized carbons (Fsp3) is 0.185. The molecule has 0 fully saturated rings. The minimum atomic E-state index is -0.891. The Morgan fingerprint density at radius 1 is 1.05 bits per heavy atom. The summed E-state index contributed by atoms with van der Waals surface area (Å²) in [5.74, 6) is -1.11. The third-order valence-electron chi connectivity index (χ3n) is 5.76. The maximum Gasteiger partial charge on any atom is 0.332 e. The number of nitrogens with two attached hydrogens (primary N) is 1. The number of hydrogen-bond acceptors (Lipinski definition) is 9. The van der Waals surface area contributed by atoms with E-state index in [1.807, 2.05) is 0 Å². The van der Waals surface area contributed by atoms with E-state index in [4.69, 9.17) is 15.2 Å². The Labute approximate surface area is 222 Å². The molecule has 0 radical (unpaired) electrons. The summed E-state index contributed by atoms with van der Waals surface area (Å²) in [6.45, 7) is 0. The van der Waals surface area contributed by atoms with E-state index in [0.717, 1.165) is 22.0 Å². The molecule has 3 N–H and O–H groups in total. The topological polar surface area (TPSA) is 146 Å². The predicted octanol–water partition coefficient (Wildman–Crippen LogP) is 1.75. The highest BCUT2D eigenvalue weighted by Gasteiger charge is 2.35. The zero-order valence-corrected chi connectivity index (χ0v) is 20.9. The molecule has 196 valence electrons. The van der Waals surface area contributed by atoms with Crippen LogP contribution in [0, 0.1) is 11.3 Å².